The molecule has 0 N–H and O–H groups in total. The van der Waals surface area contributed by atoms with Gasteiger partial charge in [-0.15, -0.1) is 21.5 Å². The van der Waals surface area contributed by atoms with Gasteiger partial charge in [-0.25, -0.2) is 4.98 Å². The van der Waals surface area contributed by atoms with Crippen LogP contribution in [0.1, 0.15) is 31.5 Å². The molecular formula is C14H20N4O2S2. The van der Waals surface area contributed by atoms with Gasteiger partial charge in [-0.1, -0.05) is 11.8 Å². The number of thioether (sulfide) groups is 1. The summed E-state index contributed by atoms with van der Waals surface area (Å²) in [6, 6.07) is 0. The zero-order valence-electron chi connectivity index (χ0n) is 13.4. The number of carbonyl (C=O) groups is 1. The Balaban J connectivity index is 2.09. The van der Waals surface area contributed by atoms with E-state index < -0.39 is 0 Å². The maximum Gasteiger partial charge on any atom is 0.277 e. The van der Waals surface area contributed by atoms with Crippen LogP contribution >= 0.6 is 23.1 Å². The molecule has 0 saturated heterocycles. The molecule has 2 heterocycles. The van der Waals surface area contributed by atoms with Gasteiger partial charge in [0.05, 0.1) is 16.0 Å². The lowest BCUT2D eigenvalue weighted by atomic mass is 10.4. The van der Waals surface area contributed by atoms with Crippen molar-refractivity contribution in [1.29, 1.82) is 0 Å². The predicted molar refractivity (Wildman–Crippen MR) is 88.1 cm³/mol. The van der Waals surface area contributed by atoms with Crippen LogP contribution in [0.15, 0.2) is 9.64 Å². The zero-order valence-corrected chi connectivity index (χ0v) is 15.0. The van der Waals surface area contributed by atoms with Crippen LogP contribution in [0.3, 0.4) is 0 Å². The van der Waals surface area contributed by atoms with Crippen molar-refractivity contribution in [3.8, 4) is 10.8 Å². The number of rotatable bonds is 6. The van der Waals surface area contributed by atoms with Crippen molar-refractivity contribution in [1.82, 2.24) is 20.1 Å². The molecule has 1 amide bonds. The van der Waals surface area contributed by atoms with E-state index in [2.05, 4.69) is 15.2 Å². The zero-order chi connectivity index (χ0) is 16.3. The molecule has 0 fully saturated rings. The van der Waals surface area contributed by atoms with Crippen LogP contribution in [0.4, 0.5) is 0 Å². The van der Waals surface area contributed by atoms with Gasteiger partial charge >= 0.3 is 0 Å². The third kappa shape index (κ3) is 3.67. The van der Waals surface area contributed by atoms with Crippen LogP contribution in [-0.4, -0.2) is 44.3 Å². The highest BCUT2D eigenvalue weighted by atomic mass is 32.2. The first-order valence-electron chi connectivity index (χ1n) is 7.19. The van der Waals surface area contributed by atoms with Gasteiger partial charge in [-0.05, 0) is 34.6 Å². The van der Waals surface area contributed by atoms with Crippen LogP contribution in [0, 0.1) is 13.8 Å². The lowest BCUT2D eigenvalue weighted by Crippen LogP contribution is -2.36. The number of carbonyl (C=O) groups excluding carboxylic acids is 1. The minimum absolute atomic E-state index is 0.0829. The largest absolute Gasteiger partial charge is 0.410 e. The average Bonchev–Trinajstić information content (AvgIpc) is 3.06. The van der Waals surface area contributed by atoms with Gasteiger partial charge in [-0.2, -0.15) is 0 Å². The predicted octanol–water partition coefficient (Wildman–Crippen LogP) is 3.16. The standard InChI is InChI=1S/C14H20N4O2S2/c1-6-18(7-2)13(19)9(4)21-14-17-16-12(20-14)11-8(3)15-10(5)22-11/h9H,6-7H2,1-5H3. The number of hydrogen-bond acceptors (Lipinski definition) is 7. The van der Waals surface area contributed by atoms with E-state index in [-0.39, 0.29) is 11.2 Å². The van der Waals surface area contributed by atoms with E-state index in [1.807, 2.05) is 34.6 Å². The van der Waals surface area contributed by atoms with E-state index in [9.17, 15) is 4.79 Å². The molecule has 2 rings (SSSR count). The molecule has 0 aliphatic rings. The first kappa shape index (κ1) is 17.0. The second-order valence-electron chi connectivity index (χ2n) is 4.79. The third-order valence-electron chi connectivity index (χ3n) is 3.20. The molecule has 120 valence electrons. The van der Waals surface area contributed by atoms with E-state index in [0.717, 1.165) is 15.6 Å². The van der Waals surface area contributed by atoms with Crippen LogP contribution < -0.4 is 0 Å². The number of thiazole rings is 1. The summed E-state index contributed by atoms with van der Waals surface area (Å²) in [5.41, 5.74) is 0.884. The van der Waals surface area contributed by atoms with Crippen molar-refractivity contribution in [2.75, 3.05) is 13.1 Å². The minimum Gasteiger partial charge on any atom is -0.410 e. The fourth-order valence-corrected chi connectivity index (χ4v) is 3.68. The van der Waals surface area contributed by atoms with Gasteiger partial charge in [0.1, 0.15) is 4.88 Å². The normalized spacial score (nSPS) is 12.4. The number of amides is 1. The van der Waals surface area contributed by atoms with E-state index in [1.54, 1.807) is 4.90 Å². The summed E-state index contributed by atoms with van der Waals surface area (Å²) < 4.78 is 5.67. The minimum atomic E-state index is -0.252. The Kier molecular flexibility index (Phi) is 5.57. The Labute approximate surface area is 138 Å². The molecule has 8 heteroatoms. The molecule has 22 heavy (non-hydrogen) atoms. The van der Waals surface area contributed by atoms with Gasteiger partial charge in [0, 0.05) is 13.1 Å². The van der Waals surface area contributed by atoms with Crippen molar-refractivity contribution in [3.05, 3.63) is 10.7 Å². The van der Waals surface area contributed by atoms with E-state index in [4.69, 9.17) is 4.42 Å². The highest BCUT2D eigenvalue weighted by Crippen LogP contribution is 2.31. The first-order valence-corrected chi connectivity index (χ1v) is 8.89. The quantitative estimate of drug-likeness (QED) is 0.752. The van der Waals surface area contributed by atoms with Crippen molar-refractivity contribution in [2.45, 2.75) is 45.1 Å². The van der Waals surface area contributed by atoms with Crippen molar-refractivity contribution < 1.29 is 9.21 Å². The van der Waals surface area contributed by atoms with Crippen molar-refractivity contribution >= 4 is 29.0 Å². The summed E-state index contributed by atoms with van der Waals surface area (Å²) >= 11 is 2.82. The molecule has 0 bridgehead atoms. The van der Waals surface area contributed by atoms with Crippen LogP contribution in [0.2, 0.25) is 0 Å². The SMILES string of the molecule is CCN(CC)C(=O)C(C)Sc1nnc(-c2sc(C)nc2C)o1. The molecule has 6 nitrogen and oxygen atoms in total. The van der Waals surface area contributed by atoms with Crippen molar-refractivity contribution in [2.24, 2.45) is 0 Å². The van der Waals surface area contributed by atoms with E-state index >= 15 is 0 Å². The number of aromatic nitrogens is 3. The van der Waals surface area contributed by atoms with Gasteiger partial charge in [0.25, 0.3) is 11.1 Å². The molecule has 2 aromatic heterocycles. The molecule has 0 aromatic carbocycles. The molecule has 1 atom stereocenters. The smallest absolute Gasteiger partial charge is 0.277 e. The van der Waals surface area contributed by atoms with E-state index in [0.29, 0.717) is 24.2 Å². The second kappa shape index (κ2) is 7.23. The molecule has 0 radical (unpaired) electrons. The summed E-state index contributed by atoms with van der Waals surface area (Å²) in [6.07, 6.45) is 0. The molecule has 2 aromatic rings. The topological polar surface area (TPSA) is 72.1 Å². The van der Waals surface area contributed by atoms with Crippen LogP contribution in [-0.2, 0) is 4.79 Å². The average molecular weight is 340 g/mol. The maximum absolute atomic E-state index is 12.3. The lowest BCUT2D eigenvalue weighted by molar-refractivity contribution is -0.129. The lowest BCUT2D eigenvalue weighted by Gasteiger charge is -2.21. The highest BCUT2D eigenvalue weighted by Gasteiger charge is 2.23. The highest BCUT2D eigenvalue weighted by molar-refractivity contribution is 8.00. The molecular weight excluding hydrogens is 320 g/mol. The second-order valence-corrected chi connectivity index (χ2v) is 7.29. The third-order valence-corrected chi connectivity index (χ3v) is 5.19. The Hall–Kier alpha value is -1.41. The molecule has 0 saturated carbocycles. The summed E-state index contributed by atoms with van der Waals surface area (Å²) in [6.45, 7) is 11.1. The molecule has 0 aliphatic carbocycles. The summed E-state index contributed by atoms with van der Waals surface area (Å²) in [7, 11) is 0. The van der Waals surface area contributed by atoms with Crippen LogP contribution in [0.5, 0.6) is 0 Å². The fraction of sp³-hybridized carbons (Fsp3) is 0.571. The summed E-state index contributed by atoms with van der Waals surface area (Å²) in [5, 5.41) is 9.22. The fourth-order valence-electron chi connectivity index (χ4n) is 2.07. The van der Waals surface area contributed by atoms with Crippen molar-refractivity contribution in [3.63, 3.8) is 0 Å². The number of nitrogens with zero attached hydrogens (tertiary/aromatic N) is 4. The first-order chi connectivity index (χ1) is 10.5. The number of aryl methyl sites for hydroxylation is 2. The molecule has 1 unspecified atom stereocenters. The Morgan fingerprint density at radius 1 is 1.32 bits per heavy atom. The summed E-state index contributed by atoms with van der Waals surface area (Å²) in [4.78, 5) is 19.3. The van der Waals surface area contributed by atoms with Gasteiger partial charge in [0.15, 0.2) is 0 Å². The molecule has 0 spiro atoms. The maximum atomic E-state index is 12.3. The Bertz CT molecular complexity index is 649. The van der Waals surface area contributed by atoms with Gasteiger partial charge in [-0.3, -0.25) is 4.79 Å². The Morgan fingerprint density at radius 2 is 2.00 bits per heavy atom. The van der Waals surface area contributed by atoms with Gasteiger partial charge in [0.2, 0.25) is 5.91 Å². The monoisotopic (exact) mass is 340 g/mol. The Morgan fingerprint density at radius 3 is 2.55 bits per heavy atom. The summed E-state index contributed by atoms with van der Waals surface area (Å²) in [5.74, 6) is 0.549. The number of hydrogen-bond donors (Lipinski definition) is 0. The van der Waals surface area contributed by atoms with Gasteiger partial charge < -0.3 is 9.32 Å². The molecule has 0 aliphatic heterocycles. The van der Waals surface area contributed by atoms with E-state index in [1.165, 1.54) is 23.1 Å². The van der Waals surface area contributed by atoms with Crippen LogP contribution in [0.25, 0.3) is 10.8 Å².